The SMILES string of the molecule is CC[C@@H](C)Oc1c(OC)cc(C=Nn2c(-c3ccccc3)nc3ccccc3c2=O)c(Br)c1Cl. The molecule has 0 amide bonds. The van der Waals surface area contributed by atoms with E-state index in [1.54, 1.807) is 31.5 Å². The lowest BCUT2D eigenvalue weighted by Gasteiger charge is -2.18. The Bertz CT molecular complexity index is 1420. The molecule has 4 aromatic rings. The van der Waals surface area contributed by atoms with Crippen LogP contribution in [0.3, 0.4) is 0 Å². The first-order valence-electron chi connectivity index (χ1n) is 10.8. The highest BCUT2D eigenvalue weighted by molar-refractivity contribution is 9.10. The molecule has 1 heterocycles. The Hall–Kier alpha value is -3.16. The highest BCUT2D eigenvalue weighted by atomic mass is 79.9. The van der Waals surface area contributed by atoms with Crippen molar-refractivity contribution in [2.75, 3.05) is 7.11 Å². The van der Waals surface area contributed by atoms with Gasteiger partial charge in [-0.2, -0.15) is 9.78 Å². The molecule has 0 radical (unpaired) electrons. The van der Waals surface area contributed by atoms with Crippen LogP contribution in [-0.2, 0) is 0 Å². The van der Waals surface area contributed by atoms with Gasteiger partial charge in [0.1, 0.15) is 5.02 Å². The molecule has 0 spiro atoms. The highest BCUT2D eigenvalue weighted by Crippen LogP contribution is 2.42. The highest BCUT2D eigenvalue weighted by Gasteiger charge is 2.19. The van der Waals surface area contributed by atoms with E-state index in [-0.39, 0.29) is 11.7 Å². The predicted molar refractivity (Wildman–Crippen MR) is 141 cm³/mol. The molecule has 34 heavy (non-hydrogen) atoms. The molecule has 0 aliphatic heterocycles. The van der Waals surface area contributed by atoms with Crippen molar-refractivity contribution in [3.8, 4) is 22.9 Å². The van der Waals surface area contributed by atoms with Gasteiger partial charge in [0.05, 0.1) is 30.3 Å². The number of methoxy groups -OCH3 is 1. The van der Waals surface area contributed by atoms with E-state index in [4.69, 9.17) is 26.1 Å². The van der Waals surface area contributed by atoms with Gasteiger partial charge in [-0.05, 0) is 47.5 Å². The van der Waals surface area contributed by atoms with Crippen molar-refractivity contribution >= 4 is 44.6 Å². The van der Waals surface area contributed by atoms with E-state index in [1.165, 1.54) is 4.68 Å². The molecule has 0 bridgehead atoms. The fraction of sp³-hybridized carbons (Fsp3) is 0.192. The van der Waals surface area contributed by atoms with Crippen molar-refractivity contribution in [3.63, 3.8) is 0 Å². The van der Waals surface area contributed by atoms with Gasteiger partial charge in [0.15, 0.2) is 17.3 Å². The largest absolute Gasteiger partial charge is 0.493 e. The van der Waals surface area contributed by atoms with E-state index >= 15 is 0 Å². The van der Waals surface area contributed by atoms with Crippen LogP contribution >= 0.6 is 27.5 Å². The molecule has 1 atom stereocenters. The summed E-state index contributed by atoms with van der Waals surface area (Å²) in [6.07, 6.45) is 2.34. The first-order valence-corrected chi connectivity index (χ1v) is 12.0. The van der Waals surface area contributed by atoms with Gasteiger partial charge in [0, 0.05) is 15.6 Å². The number of hydrogen-bond donors (Lipinski definition) is 0. The third kappa shape index (κ3) is 4.72. The van der Waals surface area contributed by atoms with Gasteiger partial charge >= 0.3 is 0 Å². The minimum Gasteiger partial charge on any atom is -0.493 e. The fourth-order valence-electron chi connectivity index (χ4n) is 3.37. The zero-order valence-corrected chi connectivity index (χ0v) is 21.3. The predicted octanol–water partition coefficient (Wildman–Crippen LogP) is 6.55. The molecule has 0 fully saturated rings. The Kier molecular flexibility index (Phi) is 7.34. The summed E-state index contributed by atoms with van der Waals surface area (Å²) in [5.74, 6) is 1.37. The fourth-order valence-corrected chi connectivity index (χ4v) is 4.01. The third-order valence-corrected chi connectivity index (χ3v) is 6.81. The number of fused-ring (bicyclic) bond motifs is 1. The number of aromatic nitrogens is 2. The van der Waals surface area contributed by atoms with Gasteiger partial charge in [-0.25, -0.2) is 4.98 Å². The number of hydrogen-bond acceptors (Lipinski definition) is 5. The van der Waals surface area contributed by atoms with Gasteiger partial charge in [-0.3, -0.25) is 4.79 Å². The van der Waals surface area contributed by atoms with Crippen LogP contribution in [0.5, 0.6) is 11.5 Å². The molecule has 3 aromatic carbocycles. The summed E-state index contributed by atoms with van der Waals surface area (Å²) in [4.78, 5) is 18.1. The lowest BCUT2D eigenvalue weighted by Crippen LogP contribution is -2.20. The van der Waals surface area contributed by atoms with Crippen LogP contribution in [0.25, 0.3) is 22.3 Å². The molecule has 0 aliphatic rings. The van der Waals surface area contributed by atoms with E-state index in [2.05, 4.69) is 21.0 Å². The molecule has 0 saturated carbocycles. The average molecular weight is 541 g/mol. The lowest BCUT2D eigenvalue weighted by atomic mass is 10.2. The topological polar surface area (TPSA) is 65.7 Å². The van der Waals surface area contributed by atoms with Gasteiger partial charge in [-0.1, -0.05) is 61.0 Å². The summed E-state index contributed by atoms with van der Waals surface area (Å²) in [5.41, 5.74) is 1.73. The van der Waals surface area contributed by atoms with E-state index < -0.39 is 0 Å². The number of nitrogens with zero attached hydrogens (tertiary/aromatic N) is 3. The second-order valence-corrected chi connectivity index (χ2v) is 8.81. The van der Waals surface area contributed by atoms with Crippen molar-refractivity contribution in [2.45, 2.75) is 26.4 Å². The molecule has 174 valence electrons. The van der Waals surface area contributed by atoms with Crippen LogP contribution < -0.4 is 15.0 Å². The van der Waals surface area contributed by atoms with Crippen molar-refractivity contribution in [2.24, 2.45) is 5.10 Å². The van der Waals surface area contributed by atoms with Crippen LogP contribution in [0.15, 0.2) is 75.0 Å². The Balaban J connectivity index is 1.87. The normalized spacial score (nSPS) is 12.3. The number of rotatable bonds is 7. The summed E-state index contributed by atoms with van der Waals surface area (Å²) in [5, 5.41) is 5.37. The summed E-state index contributed by atoms with van der Waals surface area (Å²) < 4.78 is 13.4. The minimum absolute atomic E-state index is 0.0338. The number of ether oxygens (including phenoxy) is 2. The molecular weight excluding hydrogens is 518 g/mol. The number of para-hydroxylation sites is 1. The zero-order valence-electron chi connectivity index (χ0n) is 19.0. The van der Waals surface area contributed by atoms with E-state index in [0.29, 0.717) is 43.3 Å². The monoisotopic (exact) mass is 539 g/mol. The molecule has 6 nitrogen and oxygen atoms in total. The van der Waals surface area contributed by atoms with Crippen LogP contribution in [0, 0.1) is 0 Å². The first kappa shape index (κ1) is 24.0. The van der Waals surface area contributed by atoms with Gasteiger partial charge in [-0.15, -0.1) is 0 Å². The van der Waals surface area contributed by atoms with Crippen LogP contribution in [-0.4, -0.2) is 29.1 Å². The standard InChI is InChI=1S/C26H23BrClN3O3/c1-4-16(2)34-24-21(33-3)14-18(22(27)23(24)28)15-29-31-25(17-10-6-5-7-11-17)30-20-13-9-8-12-19(20)26(31)32/h5-16H,4H2,1-3H3/t16-/m1/s1. The van der Waals surface area contributed by atoms with Crippen LogP contribution in [0.1, 0.15) is 25.8 Å². The third-order valence-electron chi connectivity index (χ3n) is 5.37. The van der Waals surface area contributed by atoms with Gasteiger partial charge in [0.25, 0.3) is 5.56 Å². The molecule has 0 aliphatic carbocycles. The summed E-state index contributed by atoms with van der Waals surface area (Å²) in [6.45, 7) is 3.99. The Morgan fingerprint density at radius 1 is 1.18 bits per heavy atom. The number of halogens is 2. The molecule has 4 rings (SSSR count). The van der Waals surface area contributed by atoms with Crippen LogP contribution in [0.2, 0.25) is 5.02 Å². The molecule has 0 N–H and O–H groups in total. The van der Waals surface area contributed by atoms with E-state index in [9.17, 15) is 4.79 Å². The van der Waals surface area contributed by atoms with Crippen molar-refractivity contribution in [1.82, 2.24) is 9.66 Å². The van der Waals surface area contributed by atoms with E-state index in [1.807, 2.05) is 56.3 Å². The van der Waals surface area contributed by atoms with Crippen LogP contribution in [0.4, 0.5) is 0 Å². The Morgan fingerprint density at radius 3 is 2.59 bits per heavy atom. The summed E-state index contributed by atoms with van der Waals surface area (Å²) >= 11 is 10.1. The smallest absolute Gasteiger partial charge is 0.282 e. The Labute approximate surface area is 210 Å². The molecule has 0 unspecified atom stereocenters. The zero-order chi connectivity index (χ0) is 24.2. The average Bonchev–Trinajstić information content (AvgIpc) is 2.87. The quantitative estimate of drug-likeness (QED) is 0.249. The first-order chi connectivity index (χ1) is 16.4. The Morgan fingerprint density at radius 2 is 1.88 bits per heavy atom. The number of benzene rings is 3. The minimum atomic E-state index is -0.272. The molecular formula is C26H23BrClN3O3. The maximum Gasteiger partial charge on any atom is 0.282 e. The lowest BCUT2D eigenvalue weighted by molar-refractivity contribution is 0.207. The summed E-state index contributed by atoms with van der Waals surface area (Å²) in [7, 11) is 1.55. The van der Waals surface area contributed by atoms with Crippen molar-refractivity contribution in [3.05, 3.63) is 86.1 Å². The molecule has 1 aromatic heterocycles. The van der Waals surface area contributed by atoms with Crippen molar-refractivity contribution in [1.29, 1.82) is 0 Å². The second-order valence-electron chi connectivity index (χ2n) is 7.64. The summed E-state index contributed by atoms with van der Waals surface area (Å²) in [6, 6.07) is 18.4. The van der Waals surface area contributed by atoms with Gasteiger partial charge in [0.2, 0.25) is 0 Å². The molecule has 0 saturated heterocycles. The maximum absolute atomic E-state index is 13.4. The van der Waals surface area contributed by atoms with E-state index in [0.717, 1.165) is 12.0 Å². The van der Waals surface area contributed by atoms with Crippen molar-refractivity contribution < 1.29 is 9.47 Å². The van der Waals surface area contributed by atoms with Gasteiger partial charge < -0.3 is 9.47 Å². The molecule has 8 heteroatoms. The maximum atomic E-state index is 13.4. The second kappa shape index (κ2) is 10.4.